The predicted molar refractivity (Wildman–Crippen MR) is 30.1 cm³/mol. The van der Waals surface area contributed by atoms with E-state index in [9.17, 15) is 0 Å². The fraction of sp³-hybridized carbons (Fsp3) is 1.00. The predicted octanol–water partition coefficient (Wildman–Crippen LogP) is -0.465. The number of rotatable bonds is 0. The zero-order chi connectivity index (χ0) is 6.27. The second kappa shape index (κ2) is 1.94. The summed E-state index contributed by atoms with van der Waals surface area (Å²) in [6.45, 7) is 1.20. The fourth-order valence-corrected chi connectivity index (χ4v) is 1.45. The van der Waals surface area contributed by atoms with E-state index in [-0.39, 0.29) is 18.3 Å². The van der Waals surface area contributed by atoms with Crippen LogP contribution in [0.15, 0.2) is 0 Å². The largest absolute Gasteiger partial charge is 0.388 e. The average Bonchev–Trinajstić information content (AvgIpc) is 2.35. The van der Waals surface area contributed by atoms with Crippen LogP contribution in [-0.4, -0.2) is 36.6 Å². The van der Waals surface area contributed by atoms with Crippen LogP contribution < -0.4 is 0 Å². The van der Waals surface area contributed by atoms with Crippen molar-refractivity contribution in [1.29, 1.82) is 0 Å². The maximum absolute atomic E-state index is 9.15. The van der Waals surface area contributed by atoms with Gasteiger partial charge in [0.2, 0.25) is 0 Å². The molecule has 2 fully saturated rings. The number of ether oxygens (including phenoxy) is 2. The normalized spacial score (nSPS) is 49.7. The summed E-state index contributed by atoms with van der Waals surface area (Å²) < 4.78 is 10.4. The van der Waals surface area contributed by atoms with Gasteiger partial charge in [0.25, 0.3) is 0 Å². The van der Waals surface area contributed by atoms with Crippen molar-refractivity contribution in [3.8, 4) is 0 Å². The van der Waals surface area contributed by atoms with Crippen molar-refractivity contribution in [1.82, 2.24) is 0 Å². The molecule has 3 atom stereocenters. The van der Waals surface area contributed by atoms with Crippen molar-refractivity contribution in [2.24, 2.45) is 0 Å². The lowest BCUT2D eigenvalue weighted by Gasteiger charge is -2.08. The zero-order valence-corrected chi connectivity index (χ0v) is 5.12. The molecule has 1 unspecified atom stereocenters. The summed E-state index contributed by atoms with van der Waals surface area (Å²) in [7, 11) is 0. The first-order valence-corrected chi connectivity index (χ1v) is 3.29. The Morgan fingerprint density at radius 2 is 2.22 bits per heavy atom. The van der Waals surface area contributed by atoms with E-state index in [1.54, 1.807) is 0 Å². The molecule has 0 spiro atoms. The maximum atomic E-state index is 9.15. The first-order chi connectivity index (χ1) is 4.38. The summed E-state index contributed by atoms with van der Waals surface area (Å²) in [5, 5.41) is 9.15. The minimum Gasteiger partial charge on any atom is -0.388 e. The van der Waals surface area contributed by atoms with Crippen LogP contribution in [0.4, 0.5) is 0 Å². The molecule has 2 saturated heterocycles. The molecule has 0 aromatic carbocycles. The highest BCUT2D eigenvalue weighted by Crippen LogP contribution is 2.25. The third-order valence-electron chi connectivity index (χ3n) is 1.94. The molecule has 3 heteroatoms. The molecule has 2 aliphatic rings. The molecular weight excluding hydrogens is 120 g/mol. The molecule has 9 heavy (non-hydrogen) atoms. The standard InChI is InChI=1S/C6H10O3/c7-4-3-9-5-1-2-8-6(4)5/h4-7H,1-3H2/t4?,5-,6-/m0/s1. The van der Waals surface area contributed by atoms with Crippen molar-refractivity contribution in [2.75, 3.05) is 13.2 Å². The Balaban J connectivity index is 2.07. The summed E-state index contributed by atoms with van der Waals surface area (Å²) >= 11 is 0. The lowest BCUT2D eigenvalue weighted by Crippen LogP contribution is -2.26. The third-order valence-corrected chi connectivity index (χ3v) is 1.94. The SMILES string of the molecule is OC1CO[C@H]2CCO[C@@H]12. The van der Waals surface area contributed by atoms with Gasteiger partial charge in [-0.3, -0.25) is 0 Å². The lowest BCUT2D eigenvalue weighted by molar-refractivity contribution is 0.0187. The topological polar surface area (TPSA) is 38.7 Å². The summed E-state index contributed by atoms with van der Waals surface area (Å²) in [5.41, 5.74) is 0. The molecule has 2 heterocycles. The van der Waals surface area contributed by atoms with Crippen molar-refractivity contribution in [2.45, 2.75) is 24.7 Å². The summed E-state index contributed by atoms with van der Waals surface area (Å²) in [6.07, 6.45) is 0.726. The maximum Gasteiger partial charge on any atom is 0.112 e. The zero-order valence-electron chi connectivity index (χ0n) is 5.12. The summed E-state index contributed by atoms with van der Waals surface area (Å²) in [6, 6.07) is 0. The van der Waals surface area contributed by atoms with E-state index in [4.69, 9.17) is 14.6 Å². The average molecular weight is 130 g/mol. The van der Waals surface area contributed by atoms with E-state index in [1.807, 2.05) is 0 Å². The summed E-state index contributed by atoms with van der Waals surface area (Å²) in [5.74, 6) is 0. The number of aliphatic hydroxyl groups excluding tert-OH is 1. The molecule has 0 aromatic rings. The number of hydrogen-bond donors (Lipinski definition) is 1. The molecule has 0 saturated carbocycles. The van der Waals surface area contributed by atoms with Gasteiger partial charge in [0.15, 0.2) is 0 Å². The van der Waals surface area contributed by atoms with Crippen molar-refractivity contribution < 1.29 is 14.6 Å². The van der Waals surface area contributed by atoms with Crippen LogP contribution in [0.25, 0.3) is 0 Å². The van der Waals surface area contributed by atoms with E-state index in [0.29, 0.717) is 6.61 Å². The van der Waals surface area contributed by atoms with E-state index in [1.165, 1.54) is 0 Å². The Morgan fingerprint density at radius 3 is 3.00 bits per heavy atom. The van der Waals surface area contributed by atoms with Crippen LogP contribution in [0.1, 0.15) is 6.42 Å². The minimum atomic E-state index is -0.377. The Labute approximate surface area is 53.6 Å². The van der Waals surface area contributed by atoms with Gasteiger partial charge in [-0.05, 0) is 6.42 Å². The van der Waals surface area contributed by atoms with Crippen molar-refractivity contribution in [3.63, 3.8) is 0 Å². The second-order valence-electron chi connectivity index (χ2n) is 2.56. The van der Waals surface area contributed by atoms with Crippen LogP contribution in [0.3, 0.4) is 0 Å². The highest BCUT2D eigenvalue weighted by Gasteiger charge is 2.40. The quantitative estimate of drug-likeness (QED) is 0.482. The molecular formula is C6H10O3. The van der Waals surface area contributed by atoms with Gasteiger partial charge >= 0.3 is 0 Å². The van der Waals surface area contributed by atoms with Crippen LogP contribution in [0.2, 0.25) is 0 Å². The Kier molecular flexibility index (Phi) is 1.22. The molecule has 2 rings (SSSR count). The third kappa shape index (κ3) is 0.764. The molecule has 0 amide bonds. The van der Waals surface area contributed by atoms with Gasteiger partial charge in [0, 0.05) is 6.61 Å². The molecule has 0 bridgehead atoms. The van der Waals surface area contributed by atoms with Gasteiger partial charge in [0.05, 0.1) is 12.7 Å². The number of fused-ring (bicyclic) bond motifs is 1. The van der Waals surface area contributed by atoms with Gasteiger partial charge in [-0.1, -0.05) is 0 Å². The van der Waals surface area contributed by atoms with Gasteiger partial charge in [-0.2, -0.15) is 0 Å². The molecule has 52 valence electrons. The van der Waals surface area contributed by atoms with E-state index < -0.39 is 0 Å². The van der Waals surface area contributed by atoms with E-state index in [0.717, 1.165) is 13.0 Å². The Hall–Kier alpha value is -0.120. The second-order valence-corrected chi connectivity index (χ2v) is 2.56. The van der Waals surface area contributed by atoms with Gasteiger partial charge in [-0.25, -0.2) is 0 Å². The molecule has 0 aromatic heterocycles. The van der Waals surface area contributed by atoms with Crippen LogP contribution >= 0.6 is 0 Å². The first kappa shape index (κ1) is 5.65. The van der Waals surface area contributed by atoms with Crippen LogP contribution in [0, 0.1) is 0 Å². The van der Waals surface area contributed by atoms with E-state index in [2.05, 4.69) is 0 Å². The molecule has 2 aliphatic heterocycles. The van der Waals surface area contributed by atoms with Gasteiger partial charge in [0.1, 0.15) is 12.2 Å². The molecule has 3 nitrogen and oxygen atoms in total. The highest BCUT2D eigenvalue weighted by molar-refractivity contribution is 4.88. The molecule has 0 radical (unpaired) electrons. The van der Waals surface area contributed by atoms with Gasteiger partial charge < -0.3 is 14.6 Å². The van der Waals surface area contributed by atoms with Gasteiger partial charge in [-0.15, -0.1) is 0 Å². The molecule has 0 aliphatic carbocycles. The Bertz CT molecular complexity index is 115. The Morgan fingerprint density at radius 1 is 1.33 bits per heavy atom. The highest BCUT2D eigenvalue weighted by atomic mass is 16.6. The number of aliphatic hydroxyl groups is 1. The fourth-order valence-electron chi connectivity index (χ4n) is 1.45. The van der Waals surface area contributed by atoms with Crippen LogP contribution in [0.5, 0.6) is 0 Å². The minimum absolute atomic E-state index is 0.0231. The van der Waals surface area contributed by atoms with Crippen molar-refractivity contribution >= 4 is 0 Å². The first-order valence-electron chi connectivity index (χ1n) is 3.29. The smallest absolute Gasteiger partial charge is 0.112 e. The lowest BCUT2D eigenvalue weighted by atomic mass is 10.1. The van der Waals surface area contributed by atoms with E-state index >= 15 is 0 Å². The number of hydrogen-bond acceptors (Lipinski definition) is 3. The molecule has 1 N–H and O–H groups in total. The monoisotopic (exact) mass is 130 g/mol. The summed E-state index contributed by atoms with van der Waals surface area (Å²) in [4.78, 5) is 0. The van der Waals surface area contributed by atoms with Crippen molar-refractivity contribution in [3.05, 3.63) is 0 Å². The van der Waals surface area contributed by atoms with Crippen LogP contribution in [-0.2, 0) is 9.47 Å².